The zero-order valence-corrected chi connectivity index (χ0v) is 21.9. The van der Waals surface area contributed by atoms with Gasteiger partial charge in [-0.1, -0.05) is 48.5 Å². The van der Waals surface area contributed by atoms with Gasteiger partial charge in [0.2, 0.25) is 5.91 Å². The zero-order valence-electron chi connectivity index (χ0n) is 21.1. The van der Waals surface area contributed by atoms with Crippen molar-refractivity contribution in [2.75, 3.05) is 26.2 Å². The lowest BCUT2D eigenvalue weighted by molar-refractivity contribution is -0.158. The van der Waals surface area contributed by atoms with E-state index in [1.54, 1.807) is 16.7 Å². The van der Waals surface area contributed by atoms with E-state index >= 15 is 0 Å². The fraction of sp³-hybridized carbons (Fsp3) is 0.393. The van der Waals surface area contributed by atoms with E-state index in [0.29, 0.717) is 24.9 Å². The Morgan fingerprint density at radius 3 is 2.47 bits per heavy atom. The van der Waals surface area contributed by atoms with Crippen molar-refractivity contribution in [1.29, 1.82) is 0 Å². The van der Waals surface area contributed by atoms with Crippen LogP contribution in [0.5, 0.6) is 5.75 Å². The minimum absolute atomic E-state index is 0.195. The molecular formula is C28H33N3O6S. The molecule has 38 heavy (non-hydrogen) atoms. The van der Waals surface area contributed by atoms with Gasteiger partial charge in [-0.2, -0.15) is 0 Å². The molecule has 3 N–H and O–H groups in total. The van der Waals surface area contributed by atoms with Crippen molar-refractivity contribution in [2.45, 2.75) is 43.5 Å². The van der Waals surface area contributed by atoms with Crippen LogP contribution >= 0.6 is 11.8 Å². The van der Waals surface area contributed by atoms with E-state index in [0.717, 1.165) is 29.7 Å². The van der Waals surface area contributed by atoms with Crippen LogP contribution in [-0.2, 0) is 27.5 Å². The number of nitrogens with one attached hydrogen (secondary N) is 1. The topological polar surface area (TPSA) is 119 Å². The molecule has 0 saturated carbocycles. The number of nitrogens with zero attached hydrogens (tertiary/aromatic N) is 2. The van der Waals surface area contributed by atoms with E-state index in [2.05, 4.69) is 11.4 Å². The number of benzene rings is 2. The van der Waals surface area contributed by atoms with Crippen molar-refractivity contribution in [3.05, 3.63) is 77.2 Å². The second-order valence-electron chi connectivity index (χ2n) is 9.33. The number of ether oxygens (including phenoxy) is 1. The Balaban J connectivity index is 1.20. The van der Waals surface area contributed by atoms with Gasteiger partial charge in [0, 0.05) is 31.4 Å². The summed E-state index contributed by atoms with van der Waals surface area (Å²) in [7, 11) is 0. The first-order valence-electron chi connectivity index (χ1n) is 12.7. The van der Waals surface area contributed by atoms with Crippen LogP contribution in [0.2, 0.25) is 0 Å². The highest BCUT2D eigenvalue weighted by atomic mass is 32.2. The maximum Gasteiger partial charge on any atom is 0.255 e. The van der Waals surface area contributed by atoms with E-state index in [1.807, 2.05) is 60.0 Å². The molecule has 2 aliphatic heterocycles. The van der Waals surface area contributed by atoms with Crippen molar-refractivity contribution < 1.29 is 29.3 Å². The molecule has 2 aromatic rings. The highest BCUT2D eigenvalue weighted by molar-refractivity contribution is 8.03. The Kier molecular flexibility index (Phi) is 9.80. The molecule has 1 fully saturated rings. The lowest BCUT2D eigenvalue weighted by Crippen LogP contribution is -2.57. The van der Waals surface area contributed by atoms with Crippen LogP contribution in [0.25, 0.3) is 0 Å². The van der Waals surface area contributed by atoms with Crippen LogP contribution in [0.3, 0.4) is 0 Å². The quantitative estimate of drug-likeness (QED) is 0.398. The molecule has 2 heterocycles. The van der Waals surface area contributed by atoms with Crippen molar-refractivity contribution in [3.63, 3.8) is 0 Å². The second-order valence-corrected chi connectivity index (χ2v) is 10.5. The third-order valence-electron chi connectivity index (χ3n) is 6.53. The zero-order chi connectivity index (χ0) is 26.9. The maximum absolute atomic E-state index is 12.7. The van der Waals surface area contributed by atoms with Gasteiger partial charge in [-0.15, -0.1) is 11.8 Å². The van der Waals surface area contributed by atoms with Gasteiger partial charge >= 0.3 is 0 Å². The predicted molar refractivity (Wildman–Crippen MR) is 144 cm³/mol. The van der Waals surface area contributed by atoms with Crippen LogP contribution in [0.1, 0.15) is 24.0 Å². The lowest BCUT2D eigenvalue weighted by Gasteiger charge is -2.35. The third-order valence-corrected chi connectivity index (χ3v) is 7.69. The number of allylic oxidation sites excluding steroid dienone is 1. The van der Waals surface area contributed by atoms with E-state index in [1.165, 1.54) is 4.90 Å². The summed E-state index contributed by atoms with van der Waals surface area (Å²) in [5.41, 5.74) is 1.99. The molecule has 1 saturated heterocycles. The molecule has 10 heteroatoms. The monoisotopic (exact) mass is 539 g/mol. The number of rotatable bonds is 11. The number of carbonyl (C=O) groups is 3. The summed E-state index contributed by atoms with van der Waals surface area (Å²) in [6, 6.07) is 17.4. The largest absolute Gasteiger partial charge is 0.489 e. The predicted octanol–water partition coefficient (Wildman–Crippen LogP) is 1.68. The number of piperazine rings is 1. The van der Waals surface area contributed by atoms with Gasteiger partial charge in [-0.25, -0.2) is 0 Å². The van der Waals surface area contributed by atoms with Gasteiger partial charge in [0.05, 0.1) is 6.54 Å². The lowest BCUT2D eigenvalue weighted by atomic mass is 10.1. The molecule has 1 unspecified atom stereocenters. The van der Waals surface area contributed by atoms with Crippen molar-refractivity contribution in [1.82, 2.24) is 15.1 Å². The van der Waals surface area contributed by atoms with Gasteiger partial charge in [-0.3, -0.25) is 14.4 Å². The number of amides is 3. The summed E-state index contributed by atoms with van der Waals surface area (Å²) in [6.45, 7) is 1.43. The van der Waals surface area contributed by atoms with Gasteiger partial charge in [0.25, 0.3) is 11.8 Å². The second kappa shape index (κ2) is 13.5. The number of thioether (sulfide) groups is 1. The minimum Gasteiger partial charge on any atom is -0.489 e. The van der Waals surface area contributed by atoms with Crippen LogP contribution in [0.15, 0.2) is 66.1 Å². The fourth-order valence-electron chi connectivity index (χ4n) is 4.26. The molecule has 0 radical (unpaired) electrons. The molecule has 0 aliphatic carbocycles. The highest BCUT2D eigenvalue weighted by Crippen LogP contribution is 2.26. The van der Waals surface area contributed by atoms with E-state index in [-0.39, 0.29) is 25.5 Å². The first kappa shape index (κ1) is 27.7. The van der Waals surface area contributed by atoms with Crippen LogP contribution in [0.4, 0.5) is 0 Å². The molecule has 0 bridgehead atoms. The van der Waals surface area contributed by atoms with E-state index in [4.69, 9.17) is 4.74 Å². The SMILES string of the molecule is O=C(NCCC1CC=CS1)[C@H](O)[C@@H](O)C(=O)N1CCN(Cc2ccc(OCc3ccccc3)cc2)C(=O)C1. The normalized spacial score (nSPS) is 18.8. The van der Waals surface area contributed by atoms with E-state index in [9.17, 15) is 24.6 Å². The number of aliphatic hydroxyl groups is 2. The first-order chi connectivity index (χ1) is 18.4. The molecule has 2 aromatic carbocycles. The van der Waals surface area contributed by atoms with Crippen LogP contribution in [0, 0.1) is 0 Å². The maximum atomic E-state index is 12.7. The van der Waals surface area contributed by atoms with Gasteiger partial charge in [0.15, 0.2) is 12.2 Å². The molecule has 9 nitrogen and oxygen atoms in total. The van der Waals surface area contributed by atoms with E-state index < -0.39 is 24.0 Å². The minimum atomic E-state index is -1.93. The summed E-state index contributed by atoms with van der Waals surface area (Å²) in [4.78, 5) is 40.4. The van der Waals surface area contributed by atoms with Crippen LogP contribution < -0.4 is 10.1 Å². The Labute approximate surface area is 226 Å². The third kappa shape index (κ3) is 7.59. The van der Waals surface area contributed by atoms with Gasteiger partial charge < -0.3 is 30.1 Å². The molecule has 4 rings (SSSR count). The molecule has 0 spiro atoms. The first-order valence-corrected chi connectivity index (χ1v) is 13.6. The Morgan fingerprint density at radius 1 is 1.03 bits per heavy atom. The average molecular weight is 540 g/mol. The van der Waals surface area contributed by atoms with Crippen molar-refractivity contribution in [3.8, 4) is 5.75 Å². The Hall–Kier alpha value is -3.34. The smallest absolute Gasteiger partial charge is 0.255 e. The van der Waals surface area contributed by atoms with Gasteiger partial charge in [-0.05, 0) is 41.5 Å². The van der Waals surface area contributed by atoms with Crippen LogP contribution in [-0.4, -0.2) is 81.4 Å². The van der Waals surface area contributed by atoms with Crippen molar-refractivity contribution >= 4 is 29.5 Å². The fourth-order valence-corrected chi connectivity index (χ4v) is 5.18. The number of hydrogen-bond acceptors (Lipinski definition) is 7. The highest BCUT2D eigenvalue weighted by Gasteiger charge is 2.36. The summed E-state index contributed by atoms with van der Waals surface area (Å²) in [6.07, 6.45) is -0.111. The molecule has 0 aromatic heterocycles. The summed E-state index contributed by atoms with van der Waals surface area (Å²) < 4.78 is 5.80. The molecule has 3 amide bonds. The molecule has 3 atom stereocenters. The average Bonchev–Trinajstić information content (AvgIpc) is 3.46. The molecular weight excluding hydrogens is 506 g/mol. The number of aliphatic hydroxyl groups excluding tert-OH is 2. The molecule has 202 valence electrons. The molecule has 2 aliphatic rings. The summed E-state index contributed by atoms with van der Waals surface area (Å²) in [5.74, 6) is -1.19. The Morgan fingerprint density at radius 2 is 1.79 bits per heavy atom. The van der Waals surface area contributed by atoms with Crippen molar-refractivity contribution in [2.24, 2.45) is 0 Å². The standard InChI is InChI=1S/C28H33N3O6S/c32-24-18-31(28(36)26(34)25(33)27(35)29-13-12-23-7-4-16-38-23)15-14-30(24)17-20-8-10-22(11-9-20)37-19-21-5-2-1-3-6-21/h1-6,8-11,16,23,25-26,33-34H,7,12-15,17-19H2,(H,29,35)/t23?,25-,26-/m1/s1. The Bertz CT molecular complexity index is 1120. The summed E-state index contributed by atoms with van der Waals surface area (Å²) >= 11 is 1.69. The number of carbonyl (C=O) groups excluding carboxylic acids is 3. The summed E-state index contributed by atoms with van der Waals surface area (Å²) in [5, 5.41) is 25.4. The van der Waals surface area contributed by atoms with Gasteiger partial charge in [0.1, 0.15) is 12.4 Å². The number of hydrogen-bond donors (Lipinski definition) is 3.